The number of likely N-dealkylation sites (N-methyl/N-ethyl adjacent to an activating group) is 1. The van der Waals surface area contributed by atoms with Crippen molar-refractivity contribution in [1.82, 2.24) is 52.4 Å². The zero-order valence-corrected chi connectivity index (χ0v) is 72.0. The Hall–Kier alpha value is -8.82. The van der Waals surface area contributed by atoms with Gasteiger partial charge in [-0.3, -0.25) is 48.5 Å². The van der Waals surface area contributed by atoms with Gasteiger partial charge in [0.25, 0.3) is 0 Å². The second-order valence-electron chi connectivity index (χ2n) is 30.6. The number of phenols is 1. The molecule has 32 nitrogen and oxygen atoms in total. The number of aromatic nitrogens is 1. The van der Waals surface area contributed by atoms with Crippen molar-refractivity contribution < 1.29 is 91.7 Å². The number of aliphatic hydroxyl groups is 2. The molecular weight excluding hydrogens is 1630 g/mol. The van der Waals surface area contributed by atoms with Crippen molar-refractivity contribution in [2.75, 3.05) is 69.3 Å². The van der Waals surface area contributed by atoms with E-state index < -0.39 is 168 Å². The number of ether oxygens (including phenoxy) is 5. The van der Waals surface area contributed by atoms with Gasteiger partial charge in [-0.1, -0.05) is 141 Å². The lowest BCUT2D eigenvalue weighted by Gasteiger charge is -2.42. The fraction of sp³-hybridized carbons (Fsp3) is 0.524. The second-order valence-corrected chi connectivity index (χ2v) is 36.2. The summed E-state index contributed by atoms with van der Waals surface area (Å²) in [7, 11) is 10.5. The van der Waals surface area contributed by atoms with E-state index in [1.807, 2.05) is 31.2 Å². The van der Waals surface area contributed by atoms with E-state index in [0.717, 1.165) is 43.6 Å². The van der Waals surface area contributed by atoms with E-state index in [-0.39, 0.29) is 91.3 Å². The highest BCUT2D eigenvalue weighted by Gasteiger charge is 2.65. The fourth-order valence-electron chi connectivity index (χ4n) is 14.4. The highest BCUT2D eigenvalue weighted by molar-refractivity contribution is 8.77. The lowest BCUT2D eigenvalue weighted by molar-refractivity contribution is -0.162. The maximum Gasteiger partial charge on any atom is 0.409 e. The van der Waals surface area contributed by atoms with Crippen molar-refractivity contribution in [3.63, 3.8) is 0 Å². The van der Waals surface area contributed by atoms with Gasteiger partial charge in [0.15, 0.2) is 5.72 Å². The molecule has 5 heterocycles. The first-order valence-electron chi connectivity index (χ1n) is 39.5. The molecule has 5 aromatic rings. The number of carbonyl (C=O) groups excluding carboxylic acids is 11. The number of aromatic amines is 1. The Morgan fingerprint density at radius 3 is 2.20 bits per heavy atom. The molecule has 4 aromatic carbocycles. The molecular formula is C82H110ClN13O19S4. The number of nitrogens with one attached hydrogen (secondary N) is 9. The van der Waals surface area contributed by atoms with Crippen molar-refractivity contribution in [2.45, 2.75) is 195 Å². The fourth-order valence-corrected chi connectivity index (χ4v) is 18.9. The van der Waals surface area contributed by atoms with Crippen LogP contribution in [0.2, 0.25) is 5.02 Å². The van der Waals surface area contributed by atoms with Crippen LogP contribution in [0.15, 0.2) is 109 Å². The van der Waals surface area contributed by atoms with Crippen LogP contribution in [-0.2, 0) is 92.6 Å². The molecule has 17 atom stereocenters. The number of epoxide rings is 1. The van der Waals surface area contributed by atoms with Gasteiger partial charge in [-0.2, -0.15) is 0 Å². The van der Waals surface area contributed by atoms with Crippen molar-refractivity contribution in [3.05, 3.63) is 137 Å². The van der Waals surface area contributed by atoms with Gasteiger partial charge in [0.05, 0.1) is 37.5 Å². The number of nitrogens with two attached hydrogens (primary N) is 2. The number of carbonyl (C=O) groups is 11. The summed E-state index contributed by atoms with van der Waals surface area (Å²) in [6.07, 6.45) is -0.323. The Bertz CT molecular complexity index is 4400. The number of amides is 10. The topological polar surface area (TPSA) is 468 Å². The third-order valence-corrected chi connectivity index (χ3v) is 26.8. The van der Waals surface area contributed by atoms with Crippen LogP contribution in [0.3, 0.4) is 0 Å². The number of esters is 1. The standard InChI is InChI=1S/C82H110ClN13O19S4/c1-45-18-17-24-65(112-9)82(110)41-64(113-80(109)94-82)46(2)71-81(5,115-71)66(40-68(100)96(7)62-37-51(34-45)38-63(111-8)69(62)83)114-79(108)47(3)95(6)67(99)29-32-116-117-33-31-86-73(102)60-43-118-119-44-61(91-72(101)55(85)35-49-19-11-10-12-20-49)77(106)89-58(36-50-25-27-53(98)28-26-50)75(104)90-59(39-52-42-87-56-22-14-13-21-54(52)56)76(105)88-57(23-15-16-30-84)74(103)93-70(48(4)97)78(107)92-60/h10-14,17,19-22,24-28,37-38,42,45-48,55,57-61,64-66,70-71,87,97-98,110H,15-16,18,23,29-36,39-41,43-44,84-85H2,1-9H3,(H,86,102)(H,88,105)(H,89,106)(H,90,104)(H,91,101)(H,92,107)(H,93,103)(H,94,109)/b24-17+/t45?,46-,47+,48-,55-,57+,58+,59-,60+,61+,64+,65-,66+,70+,71+,81+,82+/m1/s1. The number of hydrogen-bond acceptors (Lipinski definition) is 25. The largest absolute Gasteiger partial charge is 0.508 e. The zero-order valence-electron chi connectivity index (χ0n) is 68.0. The van der Waals surface area contributed by atoms with Crippen LogP contribution < -0.4 is 63.6 Å². The van der Waals surface area contributed by atoms with Crippen LogP contribution in [0, 0.1) is 11.8 Å². The van der Waals surface area contributed by atoms with E-state index in [2.05, 4.69) is 47.5 Å². The quantitative estimate of drug-likeness (QED) is 0.0119. The maximum atomic E-state index is 15.0. The van der Waals surface area contributed by atoms with E-state index in [1.54, 1.807) is 93.8 Å². The van der Waals surface area contributed by atoms with Gasteiger partial charge in [0.1, 0.15) is 82.7 Å². The molecule has 3 fully saturated rings. The summed E-state index contributed by atoms with van der Waals surface area (Å²) in [5.41, 5.74) is 12.8. The van der Waals surface area contributed by atoms with E-state index in [9.17, 15) is 63.3 Å². The average molecular weight is 1750 g/mol. The van der Waals surface area contributed by atoms with Crippen molar-refractivity contribution in [2.24, 2.45) is 23.3 Å². The minimum atomic E-state index is -1.90. The number of alkyl carbamates (subject to hydrolysis) is 1. The molecule has 0 radical (unpaired) electrons. The van der Waals surface area contributed by atoms with Gasteiger partial charge in [-0.15, -0.1) is 0 Å². The molecule has 4 aliphatic heterocycles. The van der Waals surface area contributed by atoms with Crippen molar-refractivity contribution in [3.8, 4) is 11.5 Å². The van der Waals surface area contributed by atoms with Gasteiger partial charge in [-0.05, 0) is 124 Å². The van der Waals surface area contributed by atoms with E-state index in [1.165, 1.54) is 78.6 Å². The van der Waals surface area contributed by atoms with Crippen LogP contribution >= 0.6 is 54.8 Å². The number of anilines is 1. The Balaban J connectivity index is 0.881. The number of halogens is 1. The summed E-state index contributed by atoms with van der Waals surface area (Å²) in [6, 6.07) is 14.6. The molecule has 4 bridgehead atoms. The maximum absolute atomic E-state index is 15.0. The number of aromatic hydroxyl groups is 1. The number of para-hydroxylation sites is 1. The van der Waals surface area contributed by atoms with Gasteiger partial charge in [0.2, 0.25) is 53.2 Å². The Morgan fingerprint density at radius 1 is 0.824 bits per heavy atom. The van der Waals surface area contributed by atoms with Crippen LogP contribution in [0.5, 0.6) is 11.5 Å². The summed E-state index contributed by atoms with van der Waals surface area (Å²) in [4.78, 5) is 164. The van der Waals surface area contributed by atoms with Crippen LogP contribution in [0.1, 0.15) is 102 Å². The molecule has 10 amide bonds. The van der Waals surface area contributed by atoms with E-state index in [4.69, 9.17) is 46.8 Å². The van der Waals surface area contributed by atoms with Crippen molar-refractivity contribution >= 4 is 137 Å². The Morgan fingerprint density at radius 2 is 1.50 bits per heavy atom. The van der Waals surface area contributed by atoms with Gasteiger partial charge < -0.3 is 102 Å². The smallest absolute Gasteiger partial charge is 0.409 e. The molecule has 3 saturated heterocycles. The van der Waals surface area contributed by atoms with Gasteiger partial charge in [0, 0.05) is 99.5 Å². The molecule has 119 heavy (non-hydrogen) atoms. The highest BCUT2D eigenvalue weighted by Crippen LogP contribution is 2.49. The Kier molecular flexibility index (Phi) is 34.9. The lowest BCUT2D eigenvalue weighted by atomic mass is 9.83. The predicted molar refractivity (Wildman–Crippen MR) is 457 cm³/mol. The second kappa shape index (κ2) is 44.1. The number of fused-ring (bicyclic) bond motifs is 6. The van der Waals surface area contributed by atoms with Gasteiger partial charge >= 0.3 is 12.1 Å². The summed E-state index contributed by atoms with van der Waals surface area (Å²) in [5.74, 6) is -7.89. The lowest BCUT2D eigenvalue weighted by Crippen LogP contribution is -2.63. The molecule has 4 aliphatic rings. The van der Waals surface area contributed by atoms with Crippen LogP contribution in [0.4, 0.5) is 10.5 Å². The van der Waals surface area contributed by atoms with Gasteiger partial charge in [-0.25, -0.2) is 9.59 Å². The molecule has 0 saturated carbocycles. The summed E-state index contributed by atoms with van der Waals surface area (Å²) in [5, 5.41) is 56.2. The number of aliphatic hydroxyl groups excluding tert-OH is 1. The number of rotatable bonds is 26. The normalized spacial score (nSPS) is 26.8. The summed E-state index contributed by atoms with van der Waals surface area (Å²) >= 11 is 6.91. The summed E-state index contributed by atoms with van der Waals surface area (Å²) in [6.45, 7) is 8.43. The molecule has 9 rings (SSSR count). The third kappa shape index (κ3) is 25.9. The van der Waals surface area contributed by atoms with Crippen LogP contribution in [-0.4, -0.2) is 245 Å². The SMILES string of the molecule is COc1cc2cc(c1Cl)N(C)C(=O)C[C@H](OC(=O)[C@H](C)N(C)C(=O)CCSSCCNC(=O)[C@@H]1CSSC[C@H](NC(=O)[C@H](N)Cc3ccccc3)C(=O)N[C@@H](Cc3ccc(O)cc3)C(=O)N[C@H](Cc3c[nH]c4ccccc34)C(=O)N[C@@H](CCCCN)C(=O)N[C@@H]([C@@H](C)O)C(=O)N1)[C@]1(C)O[C@H]1[C@H](C)[C@@H]1C[C@@](O)(NC(=O)O1)[C@H](OC)/C=C/CC(C)C2. The molecule has 648 valence electrons. The molecule has 1 aromatic heterocycles. The first kappa shape index (κ1) is 94.0. The number of methoxy groups -OCH3 is 2. The number of hydrogen-bond donors (Lipinski definition) is 14. The number of allylic oxidation sites excluding steroid dienone is 1. The monoisotopic (exact) mass is 1740 g/mol. The first-order chi connectivity index (χ1) is 56.7. The minimum Gasteiger partial charge on any atom is -0.508 e. The average Bonchev–Trinajstić information content (AvgIpc) is 1.57. The van der Waals surface area contributed by atoms with Crippen LogP contribution in [0.25, 0.3) is 10.9 Å². The molecule has 0 aliphatic carbocycles. The number of phenolic OH excluding ortho intramolecular Hbond substituents is 1. The number of unbranched alkanes of at least 4 members (excludes halogenated alkanes) is 1. The van der Waals surface area contributed by atoms with E-state index >= 15 is 4.79 Å². The minimum absolute atomic E-state index is 0.0155. The number of H-pyrrole nitrogens is 1. The molecule has 16 N–H and O–H groups in total. The third-order valence-electron chi connectivity index (χ3n) is 21.6. The van der Waals surface area contributed by atoms with E-state index in [0.29, 0.717) is 48.2 Å². The zero-order chi connectivity index (χ0) is 86.4. The summed E-state index contributed by atoms with van der Waals surface area (Å²) < 4.78 is 29.8. The molecule has 37 heteroatoms. The highest BCUT2D eigenvalue weighted by atomic mass is 35.5. The number of benzene rings is 4. The Labute approximate surface area is 712 Å². The first-order valence-corrected chi connectivity index (χ1v) is 44.9. The predicted octanol–water partition coefficient (Wildman–Crippen LogP) is 4.54. The molecule has 1 unspecified atom stereocenters. The van der Waals surface area contributed by atoms with Crippen molar-refractivity contribution in [1.29, 1.82) is 0 Å². The molecule has 0 spiro atoms. The number of nitrogens with zero attached hydrogens (tertiary/aromatic N) is 2.